The first kappa shape index (κ1) is 20.9. The van der Waals surface area contributed by atoms with Crippen LogP contribution < -0.4 is 10.6 Å². The summed E-state index contributed by atoms with van der Waals surface area (Å²) < 4.78 is 0. The Bertz CT molecular complexity index is 875. The van der Waals surface area contributed by atoms with Crippen LogP contribution in [-0.4, -0.2) is 42.9 Å². The largest absolute Gasteiger partial charge is 0.352 e. The second kappa shape index (κ2) is 9.59. The number of rotatable bonds is 5. The highest BCUT2D eigenvalue weighted by Crippen LogP contribution is 2.21. The van der Waals surface area contributed by atoms with E-state index in [1.165, 1.54) is 22.3 Å². The fourth-order valence-corrected chi connectivity index (χ4v) is 3.70. The number of amides is 1. The zero-order valence-electron chi connectivity index (χ0n) is 17.9. The van der Waals surface area contributed by atoms with Crippen LogP contribution in [0.5, 0.6) is 0 Å². The quantitative estimate of drug-likeness (QED) is 0.604. The predicted octanol–water partition coefficient (Wildman–Crippen LogP) is 3.58. The van der Waals surface area contributed by atoms with Gasteiger partial charge < -0.3 is 15.5 Å². The standard InChI is InChI=1S/C24H32N4O/c1-17(2)23(29)28-12-11-22(16-28)27-24(25-4)26-15-19-8-6-10-21(14-19)20-9-5-7-18(3)13-20/h5-10,13-14,17,22H,11-12,15-16H2,1-4H3,(H2,25,26,27). The van der Waals surface area contributed by atoms with Crippen molar-refractivity contribution in [1.29, 1.82) is 0 Å². The molecule has 1 unspecified atom stereocenters. The topological polar surface area (TPSA) is 56.7 Å². The monoisotopic (exact) mass is 392 g/mol. The fourth-order valence-electron chi connectivity index (χ4n) is 3.70. The van der Waals surface area contributed by atoms with Crippen molar-refractivity contribution in [1.82, 2.24) is 15.5 Å². The SMILES string of the molecule is CN=C(NCc1cccc(-c2cccc(C)c2)c1)NC1CCN(C(=O)C(C)C)C1. The van der Waals surface area contributed by atoms with E-state index in [-0.39, 0.29) is 17.9 Å². The Hall–Kier alpha value is -2.82. The lowest BCUT2D eigenvalue weighted by Crippen LogP contribution is -2.45. The average Bonchev–Trinajstić information content (AvgIpc) is 3.19. The molecule has 0 spiro atoms. The molecule has 5 nitrogen and oxygen atoms in total. The van der Waals surface area contributed by atoms with Crippen molar-refractivity contribution in [2.75, 3.05) is 20.1 Å². The molecule has 2 N–H and O–H groups in total. The molecule has 1 fully saturated rings. The van der Waals surface area contributed by atoms with Crippen molar-refractivity contribution >= 4 is 11.9 Å². The maximum Gasteiger partial charge on any atom is 0.225 e. The van der Waals surface area contributed by atoms with E-state index < -0.39 is 0 Å². The van der Waals surface area contributed by atoms with Crippen LogP contribution in [0.1, 0.15) is 31.4 Å². The van der Waals surface area contributed by atoms with Gasteiger partial charge in [-0.25, -0.2) is 0 Å². The number of carbonyl (C=O) groups is 1. The minimum absolute atomic E-state index is 0.0480. The molecule has 0 radical (unpaired) electrons. The summed E-state index contributed by atoms with van der Waals surface area (Å²) in [4.78, 5) is 18.5. The van der Waals surface area contributed by atoms with Gasteiger partial charge in [-0.05, 0) is 36.1 Å². The summed E-state index contributed by atoms with van der Waals surface area (Å²) in [6, 6.07) is 17.4. The van der Waals surface area contributed by atoms with Crippen LogP contribution in [0.4, 0.5) is 0 Å². The van der Waals surface area contributed by atoms with Gasteiger partial charge in [0, 0.05) is 38.6 Å². The lowest BCUT2D eigenvalue weighted by molar-refractivity contribution is -0.133. The molecule has 1 aliphatic heterocycles. The van der Waals surface area contributed by atoms with Crippen molar-refractivity contribution in [3.63, 3.8) is 0 Å². The third-order valence-corrected chi connectivity index (χ3v) is 5.30. The molecule has 1 saturated heterocycles. The molecule has 0 aromatic heterocycles. The Morgan fingerprint density at radius 3 is 2.59 bits per heavy atom. The normalized spacial score (nSPS) is 16.9. The Labute approximate surface area is 174 Å². The summed E-state index contributed by atoms with van der Waals surface area (Å²) in [6.45, 7) is 8.26. The van der Waals surface area contributed by atoms with Crippen molar-refractivity contribution in [2.24, 2.45) is 10.9 Å². The maximum atomic E-state index is 12.2. The molecule has 1 atom stereocenters. The third-order valence-electron chi connectivity index (χ3n) is 5.30. The Kier molecular flexibility index (Phi) is 6.91. The molecule has 0 saturated carbocycles. The number of nitrogens with zero attached hydrogens (tertiary/aromatic N) is 2. The van der Waals surface area contributed by atoms with Gasteiger partial charge in [0.2, 0.25) is 5.91 Å². The number of likely N-dealkylation sites (tertiary alicyclic amines) is 1. The van der Waals surface area contributed by atoms with Gasteiger partial charge in [-0.1, -0.05) is 61.9 Å². The van der Waals surface area contributed by atoms with E-state index in [1.807, 2.05) is 18.7 Å². The Balaban J connectivity index is 1.56. The smallest absolute Gasteiger partial charge is 0.225 e. The van der Waals surface area contributed by atoms with E-state index in [9.17, 15) is 4.79 Å². The number of aryl methyl sites for hydroxylation is 1. The van der Waals surface area contributed by atoms with E-state index in [2.05, 4.69) is 71.1 Å². The molecule has 2 aromatic carbocycles. The second-order valence-corrected chi connectivity index (χ2v) is 8.06. The lowest BCUT2D eigenvalue weighted by Gasteiger charge is -2.20. The summed E-state index contributed by atoms with van der Waals surface area (Å²) in [5.41, 5.74) is 4.91. The van der Waals surface area contributed by atoms with E-state index in [1.54, 1.807) is 7.05 Å². The highest BCUT2D eigenvalue weighted by Gasteiger charge is 2.27. The van der Waals surface area contributed by atoms with E-state index >= 15 is 0 Å². The van der Waals surface area contributed by atoms with Crippen molar-refractivity contribution < 1.29 is 4.79 Å². The van der Waals surface area contributed by atoms with Crippen molar-refractivity contribution in [3.8, 4) is 11.1 Å². The molecule has 1 aliphatic rings. The summed E-state index contributed by atoms with van der Waals surface area (Å²) in [5, 5.41) is 6.86. The first-order valence-electron chi connectivity index (χ1n) is 10.4. The molecule has 5 heteroatoms. The molecule has 154 valence electrons. The molecular formula is C24H32N4O. The zero-order valence-corrected chi connectivity index (χ0v) is 17.9. The van der Waals surface area contributed by atoms with E-state index in [0.717, 1.165) is 25.5 Å². The highest BCUT2D eigenvalue weighted by molar-refractivity contribution is 5.81. The van der Waals surface area contributed by atoms with Crippen LogP contribution in [-0.2, 0) is 11.3 Å². The number of nitrogens with one attached hydrogen (secondary N) is 2. The Morgan fingerprint density at radius 2 is 1.90 bits per heavy atom. The second-order valence-electron chi connectivity index (χ2n) is 8.06. The van der Waals surface area contributed by atoms with Crippen molar-refractivity contribution in [3.05, 3.63) is 59.7 Å². The predicted molar refractivity (Wildman–Crippen MR) is 120 cm³/mol. The van der Waals surface area contributed by atoms with E-state index in [4.69, 9.17) is 0 Å². The van der Waals surface area contributed by atoms with Crippen LogP contribution in [0.15, 0.2) is 53.5 Å². The number of benzene rings is 2. The van der Waals surface area contributed by atoms with Gasteiger partial charge >= 0.3 is 0 Å². The molecule has 29 heavy (non-hydrogen) atoms. The number of guanidine groups is 1. The van der Waals surface area contributed by atoms with Gasteiger partial charge in [0.1, 0.15) is 0 Å². The van der Waals surface area contributed by atoms with E-state index in [0.29, 0.717) is 6.54 Å². The van der Waals surface area contributed by atoms with Gasteiger partial charge in [0.05, 0.1) is 0 Å². The van der Waals surface area contributed by atoms with Crippen LogP contribution >= 0.6 is 0 Å². The molecule has 3 rings (SSSR count). The minimum Gasteiger partial charge on any atom is -0.352 e. The van der Waals surface area contributed by atoms with Gasteiger partial charge in [0.25, 0.3) is 0 Å². The molecular weight excluding hydrogens is 360 g/mol. The molecule has 1 amide bonds. The molecule has 2 aromatic rings. The molecule has 0 bridgehead atoms. The summed E-state index contributed by atoms with van der Waals surface area (Å²) >= 11 is 0. The lowest BCUT2D eigenvalue weighted by atomic mass is 10.0. The minimum atomic E-state index is 0.0480. The van der Waals surface area contributed by atoms with Crippen LogP contribution in [0.25, 0.3) is 11.1 Å². The number of hydrogen-bond acceptors (Lipinski definition) is 2. The van der Waals surface area contributed by atoms with Crippen LogP contribution in [0.3, 0.4) is 0 Å². The average molecular weight is 393 g/mol. The summed E-state index contributed by atoms with van der Waals surface area (Å²) in [7, 11) is 1.78. The molecule has 0 aliphatic carbocycles. The third kappa shape index (κ3) is 5.59. The van der Waals surface area contributed by atoms with Crippen LogP contribution in [0, 0.1) is 12.8 Å². The van der Waals surface area contributed by atoms with Gasteiger partial charge in [-0.3, -0.25) is 9.79 Å². The number of carbonyl (C=O) groups excluding carboxylic acids is 1. The highest BCUT2D eigenvalue weighted by atomic mass is 16.2. The Morgan fingerprint density at radius 1 is 1.17 bits per heavy atom. The fraction of sp³-hybridized carbons (Fsp3) is 0.417. The van der Waals surface area contributed by atoms with Gasteiger partial charge in [-0.2, -0.15) is 0 Å². The molecule has 1 heterocycles. The first-order chi connectivity index (χ1) is 14.0. The first-order valence-corrected chi connectivity index (χ1v) is 10.4. The maximum absolute atomic E-state index is 12.2. The number of aliphatic imine (C=N–C) groups is 1. The van der Waals surface area contributed by atoms with Gasteiger partial charge in [0.15, 0.2) is 5.96 Å². The van der Waals surface area contributed by atoms with Crippen LogP contribution in [0.2, 0.25) is 0 Å². The van der Waals surface area contributed by atoms with Gasteiger partial charge in [-0.15, -0.1) is 0 Å². The zero-order chi connectivity index (χ0) is 20.8. The van der Waals surface area contributed by atoms with Crippen molar-refractivity contribution in [2.45, 2.75) is 39.8 Å². The summed E-state index contributed by atoms with van der Waals surface area (Å²) in [5.74, 6) is 1.05. The summed E-state index contributed by atoms with van der Waals surface area (Å²) in [6.07, 6.45) is 0.946. The number of hydrogen-bond donors (Lipinski definition) is 2.